The molecule has 0 saturated carbocycles. The fourth-order valence-corrected chi connectivity index (χ4v) is 3.60. The van der Waals surface area contributed by atoms with E-state index in [4.69, 9.17) is 14.1 Å². The lowest BCUT2D eigenvalue weighted by Crippen LogP contribution is -2.38. The highest BCUT2D eigenvalue weighted by atomic mass is 19.4. The van der Waals surface area contributed by atoms with Crippen LogP contribution < -0.4 is 19.2 Å². The number of oxime groups is 1. The maximum Gasteiger partial charge on any atom is 0.573 e. The molecule has 198 valence electrons. The van der Waals surface area contributed by atoms with E-state index in [2.05, 4.69) is 30.0 Å². The molecule has 1 aliphatic rings. The third-order valence-corrected chi connectivity index (χ3v) is 5.70. The highest BCUT2D eigenvalue weighted by Gasteiger charge is 2.31. The molecule has 0 aliphatic carbocycles. The lowest BCUT2D eigenvalue weighted by molar-refractivity contribution is -0.274. The van der Waals surface area contributed by atoms with Crippen LogP contribution in [0.25, 0.3) is 0 Å². The molecular formula is C24H27F3N6O4. The summed E-state index contributed by atoms with van der Waals surface area (Å²) in [6, 6.07) is 5.84. The number of benzene rings is 1. The predicted octanol–water partition coefficient (Wildman–Crippen LogP) is 5.04. The number of nitrogens with zero attached hydrogens (tertiary/aromatic N) is 6. The Morgan fingerprint density at radius 1 is 1.11 bits per heavy atom. The fourth-order valence-electron chi connectivity index (χ4n) is 3.60. The predicted molar refractivity (Wildman–Crippen MR) is 127 cm³/mol. The summed E-state index contributed by atoms with van der Waals surface area (Å²) in [5.41, 5.74) is 1.58. The van der Waals surface area contributed by atoms with Crippen molar-refractivity contribution in [1.29, 1.82) is 0 Å². The van der Waals surface area contributed by atoms with Crippen LogP contribution in [-0.4, -0.2) is 51.4 Å². The zero-order valence-electron chi connectivity index (χ0n) is 20.8. The van der Waals surface area contributed by atoms with Crippen LogP contribution in [-0.2, 0) is 0 Å². The van der Waals surface area contributed by atoms with Crippen LogP contribution in [0.4, 0.5) is 19.2 Å². The Hall–Kier alpha value is -3.90. The Morgan fingerprint density at radius 2 is 1.78 bits per heavy atom. The zero-order valence-corrected chi connectivity index (χ0v) is 20.8. The van der Waals surface area contributed by atoms with Gasteiger partial charge in [-0.2, -0.15) is 9.97 Å². The lowest BCUT2D eigenvalue weighted by atomic mass is 10.1. The molecule has 3 aromatic rings. The van der Waals surface area contributed by atoms with Gasteiger partial charge in [0, 0.05) is 31.8 Å². The van der Waals surface area contributed by atoms with Crippen LogP contribution in [0, 0.1) is 6.92 Å². The Bertz CT molecular complexity index is 1220. The average molecular weight is 521 g/mol. The number of ether oxygens (including phenoxy) is 2. The first-order valence-electron chi connectivity index (χ1n) is 11.7. The highest BCUT2D eigenvalue weighted by Crippen LogP contribution is 2.28. The standard InChI is InChI=1S/C24H27F3N6O4/c1-14(2)20-30-23(37-32-20)33-11-9-18(10-12-33)34-21-15(3)22(29-13-28-21)36-31-16(4)17-5-7-19(8-6-17)35-24(25,26)27/h5-8,13-14,18H,9-12H2,1-4H3. The first-order valence-corrected chi connectivity index (χ1v) is 11.7. The minimum absolute atomic E-state index is 0.0622. The summed E-state index contributed by atoms with van der Waals surface area (Å²) in [7, 11) is 0. The summed E-state index contributed by atoms with van der Waals surface area (Å²) < 4.78 is 52.4. The Balaban J connectivity index is 1.34. The van der Waals surface area contributed by atoms with E-state index in [9.17, 15) is 13.2 Å². The molecule has 0 atom stereocenters. The molecule has 0 bridgehead atoms. The van der Waals surface area contributed by atoms with Crippen molar-refractivity contribution in [3.8, 4) is 17.5 Å². The monoisotopic (exact) mass is 520 g/mol. The molecule has 0 N–H and O–H groups in total. The molecule has 0 amide bonds. The molecule has 0 spiro atoms. The molecule has 1 aliphatic heterocycles. The van der Waals surface area contributed by atoms with Crippen molar-refractivity contribution in [3.63, 3.8) is 0 Å². The Labute approximate surface area is 211 Å². The molecular weight excluding hydrogens is 493 g/mol. The van der Waals surface area contributed by atoms with Gasteiger partial charge in [0.05, 0.1) is 11.3 Å². The Kier molecular flexibility index (Phi) is 7.79. The van der Waals surface area contributed by atoms with Gasteiger partial charge in [0.25, 0.3) is 5.88 Å². The van der Waals surface area contributed by atoms with E-state index in [1.165, 1.54) is 30.6 Å². The van der Waals surface area contributed by atoms with Crippen LogP contribution in [0.5, 0.6) is 17.5 Å². The molecule has 1 aromatic carbocycles. The van der Waals surface area contributed by atoms with E-state index in [-0.39, 0.29) is 23.7 Å². The summed E-state index contributed by atoms with van der Waals surface area (Å²) in [5, 5.41) is 8.07. The van der Waals surface area contributed by atoms with Gasteiger partial charge >= 0.3 is 12.4 Å². The van der Waals surface area contributed by atoms with E-state index in [0.29, 0.717) is 47.6 Å². The first-order chi connectivity index (χ1) is 17.6. The SMILES string of the molecule is CC(=NOc1ncnc(OC2CCN(c3nc(C(C)C)no3)CC2)c1C)c1ccc(OC(F)(F)F)cc1. The minimum atomic E-state index is -4.75. The lowest BCUT2D eigenvalue weighted by Gasteiger charge is -2.30. The van der Waals surface area contributed by atoms with Crippen molar-refractivity contribution < 1.29 is 32.0 Å². The second kappa shape index (κ2) is 11.0. The van der Waals surface area contributed by atoms with Gasteiger partial charge in [-0.1, -0.05) is 24.2 Å². The summed E-state index contributed by atoms with van der Waals surface area (Å²) in [5.74, 6) is 1.17. The van der Waals surface area contributed by atoms with E-state index >= 15 is 0 Å². The Morgan fingerprint density at radius 3 is 2.41 bits per heavy atom. The highest BCUT2D eigenvalue weighted by molar-refractivity contribution is 5.98. The van der Waals surface area contributed by atoms with Crippen LogP contribution in [0.1, 0.15) is 56.5 Å². The number of anilines is 1. The smallest absolute Gasteiger partial charge is 0.474 e. The first kappa shape index (κ1) is 26.2. The number of piperidine rings is 1. The fraction of sp³-hybridized carbons (Fsp3) is 0.458. The molecule has 13 heteroatoms. The van der Waals surface area contributed by atoms with Crippen molar-refractivity contribution in [2.75, 3.05) is 18.0 Å². The molecule has 1 fully saturated rings. The topological polar surface area (TPSA) is 108 Å². The number of alkyl halides is 3. The summed E-state index contributed by atoms with van der Waals surface area (Å²) in [4.78, 5) is 20.3. The third kappa shape index (κ3) is 6.86. The molecule has 4 rings (SSSR count). The zero-order chi connectivity index (χ0) is 26.6. The molecule has 2 aromatic heterocycles. The summed E-state index contributed by atoms with van der Waals surface area (Å²) in [6.45, 7) is 8.85. The summed E-state index contributed by atoms with van der Waals surface area (Å²) in [6.07, 6.45) is -2.00. The van der Waals surface area contributed by atoms with Crippen molar-refractivity contribution in [2.24, 2.45) is 5.16 Å². The van der Waals surface area contributed by atoms with Crippen molar-refractivity contribution in [3.05, 3.63) is 47.5 Å². The van der Waals surface area contributed by atoms with Crippen molar-refractivity contribution in [2.45, 2.75) is 58.9 Å². The van der Waals surface area contributed by atoms with Gasteiger partial charge in [0.1, 0.15) is 18.2 Å². The van der Waals surface area contributed by atoms with Crippen molar-refractivity contribution in [1.82, 2.24) is 20.1 Å². The van der Waals surface area contributed by atoms with Crippen LogP contribution in [0.2, 0.25) is 0 Å². The maximum absolute atomic E-state index is 12.3. The van der Waals surface area contributed by atoms with Gasteiger partial charge in [-0.3, -0.25) is 0 Å². The molecule has 0 radical (unpaired) electrons. The van der Waals surface area contributed by atoms with Gasteiger partial charge in [-0.15, -0.1) is 13.2 Å². The number of hydrogen-bond acceptors (Lipinski definition) is 10. The van der Waals surface area contributed by atoms with Gasteiger partial charge in [-0.05, 0) is 43.7 Å². The average Bonchev–Trinajstić information content (AvgIpc) is 3.35. The largest absolute Gasteiger partial charge is 0.573 e. The summed E-state index contributed by atoms with van der Waals surface area (Å²) >= 11 is 0. The van der Waals surface area contributed by atoms with E-state index in [1.54, 1.807) is 13.8 Å². The van der Waals surface area contributed by atoms with Crippen LogP contribution in [0.3, 0.4) is 0 Å². The third-order valence-electron chi connectivity index (χ3n) is 5.70. The van der Waals surface area contributed by atoms with Crippen molar-refractivity contribution >= 4 is 11.7 Å². The molecule has 37 heavy (non-hydrogen) atoms. The van der Waals surface area contributed by atoms with Gasteiger partial charge in [0.2, 0.25) is 5.88 Å². The quantitative estimate of drug-likeness (QED) is 0.298. The number of hydrogen-bond donors (Lipinski definition) is 0. The second-order valence-electron chi connectivity index (χ2n) is 8.84. The normalized spacial score (nSPS) is 15.2. The van der Waals surface area contributed by atoms with Gasteiger partial charge < -0.3 is 23.7 Å². The number of rotatable bonds is 8. The molecule has 3 heterocycles. The second-order valence-corrected chi connectivity index (χ2v) is 8.84. The van der Waals surface area contributed by atoms with E-state index in [1.807, 2.05) is 18.7 Å². The van der Waals surface area contributed by atoms with E-state index < -0.39 is 6.36 Å². The van der Waals surface area contributed by atoms with E-state index in [0.717, 1.165) is 12.8 Å². The number of halogens is 3. The van der Waals surface area contributed by atoms with Crippen LogP contribution in [0.15, 0.2) is 40.3 Å². The maximum atomic E-state index is 12.3. The van der Waals surface area contributed by atoms with Crippen LogP contribution >= 0.6 is 0 Å². The van der Waals surface area contributed by atoms with Gasteiger partial charge in [0.15, 0.2) is 5.82 Å². The minimum Gasteiger partial charge on any atom is -0.474 e. The molecule has 10 nitrogen and oxygen atoms in total. The molecule has 0 unspecified atom stereocenters. The number of aromatic nitrogens is 4. The van der Waals surface area contributed by atoms with Gasteiger partial charge in [-0.25, -0.2) is 4.98 Å². The molecule has 1 saturated heterocycles.